The highest BCUT2D eigenvalue weighted by atomic mass is 32.2. The van der Waals surface area contributed by atoms with E-state index in [4.69, 9.17) is 5.73 Å². The highest BCUT2D eigenvalue weighted by molar-refractivity contribution is 7.91. The molecule has 0 bridgehead atoms. The molecule has 1 aromatic heterocycles. The Morgan fingerprint density at radius 2 is 2.38 bits per heavy atom. The number of aromatic nitrogens is 1. The molecule has 1 atom stereocenters. The van der Waals surface area contributed by atoms with Gasteiger partial charge in [-0.15, -0.1) is 11.3 Å². The molecule has 0 aliphatic carbocycles. The van der Waals surface area contributed by atoms with Crippen molar-refractivity contribution in [2.45, 2.75) is 31.7 Å². The predicted octanol–water partition coefficient (Wildman–Crippen LogP) is 1.07. The molecule has 2 rings (SSSR count). The van der Waals surface area contributed by atoms with Crippen LogP contribution < -0.4 is 5.73 Å². The van der Waals surface area contributed by atoms with E-state index in [-0.39, 0.29) is 11.2 Å². The average Bonchev–Trinajstić information content (AvgIpc) is 2.64. The van der Waals surface area contributed by atoms with Crippen LogP contribution in [0.25, 0.3) is 0 Å². The minimum Gasteiger partial charge on any atom is -0.326 e. The topological polar surface area (TPSA) is 73.0 Å². The molecule has 6 heteroatoms. The Kier molecular flexibility index (Phi) is 3.07. The summed E-state index contributed by atoms with van der Waals surface area (Å²) in [5.74, 6) is 0.537. The minimum atomic E-state index is -2.90. The molecule has 1 saturated heterocycles. The third-order valence-electron chi connectivity index (χ3n) is 2.99. The molecule has 1 aliphatic rings. The van der Waals surface area contributed by atoms with Gasteiger partial charge in [-0.25, -0.2) is 13.4 Å². The zero-order valence-corrected chi connectivity index (χ0v) is 10.9. The molecule has 0 radical (unpaired) electrons. The second kappa shape index (κ2) is 4.09. The summed E-state index contributed by atoms with van der Waals surface area (Å²) in [5.41, 5.74) is 5.23. The van der Waals surface area contributed by atoms with E-state index < -0.39 is 9.84 Å². The van der Waals surface area contributed by atoms with E-state index in [1.54, 1.807) is 6.20 Å². The first-order valence-electron chi connectivity index (χ1n) is 5.31. The first-order valence-corrected chi connectivity index (χ1v) is 7.95. The van der Waals surface area contributed by atoms with Crippen molar-refractivity contribution < 1.29 is 8.42 Å². The first-order chi connectivity index (χ1) is 7.45. The SMILES string of the molecule is CC1(c2ncc(CN)s2)CCCS(=O)(=O)C1. The normalized spacial score (nSPS) is 29.1. The Balaban J connectivity index is 2.31. The van der Waals surface area contributed by atoms with Crippen LogP contribution in [0.1, 0.15) is 29.7 Å². The van der Waals surface area contributed by atoms with Crippen molar-refractivity contribution >= 4 is 21.2 Å². The largest absolute Gasteiger partial charge is 0.326 e. The lowest BCUT2D eigenvalue weighted by atomic mass is 9.88. The van der Waals surface area contributed by atoms with Gasteiger partial charge in [0.15, 0.2) is 9.84 Å². The third kappa shape index (κ3) is 2.28. The summed E-state index contributed by atoms with van der Waals surface area (Å²) in [5, 5.41) is 0.913. The van der Waals surface area contributed by atoms with Crippen LogP contribution in [0.3, 0.4) is 0 Å². The van der Waals surface area contributed by atoms with Crippen molar-refractivity contribution in [1.82, 2.24) is 4.98 Å². The van der Waals surface area contributed by atoms with Crippen LogP contribution in [0.2, 0.25) is 0 Å². The molecule has 1 aliphatic heterocycles. The predicted molar refractivity (Wildman–Crippen MR) is 65.2 cm³/mol. The van der Waals surface area contributed by atoms with Crippen molar-refractivity contribution in [1.29, 1.82) is 0 Å². The van der Waals surface area contributed by atoms with E-state index in [1.165, 1.54) is 11.3 Å². The van der Waals surface area contributed by atoms with Gasteiger partial charge in [-0.3, -0.25) is 0 Å². The third-order valence-corrected chi connectivity index (χ3v) is 6.31. The van der Waals surface area contributed by atoms with Crippen LogP contribution in [0, 0.1) is 0 Å². The number of nitrogens with zero attached hydrogens (tertiary/aromatic N) is 1. The summed E-state index contributed by atoms with van der Waals surface area (Å²) >= 11 is 1.54. The van der Waals surface area contributed by atoms with Crippen molar-refractivity contribution in [2.24, 2.45) is 5.73 Å². The quantitative estimate of drug-likeness (QED) is 0.863. The van der Waals surface area contributed by atoms with Crippen molar-refractivity contribution in [2.75, 3.05) is 11.5 Å². The highest BCUT2D eigenvalue weighted by Crippen LogP contribution is 2.36. The number of sulfone groups is 1. The molecule has 0 amide bonds. The fourth-order valence-corrected chi connectivity index (χ4v) is 5.20. The molecule has 1 aromatic rings. The lowest BCUT2D eigenvalue weighted by Gasteiger charge is -2.31. The van der Waals surface area contributed by atoms with E-state index in [2.05, 4.69) is 4.98 Å². The standard InChI is InChI=1S/C10H16N2O2S2/c1-10(3-2-4-16(13,14)7-10)9-12-6-8(5-11)15-9/h6H,2-5,7,11H2,1H3. The van der Waals surface area contributed by atoms with Crippen LogP contribution in [-0.4, -0.2) is 24.9 Å². The van der Waals surface area contributed by atoms with Gasteiger partial charge in [-0.05, 0) is 12.8 Å². The summed E-state index contributed by atoms with van der Waals surface area (Å²) in [6.45, 7) is 2.46. The Morgan fingerprint density at radius 3 is 2.94 bits per heavy atom. The molecule has 2 heterocycles. The van der Waals surface area contributed by atoms with Gasteiger partial charge in [0.2, 0.25) is 0 Å². The van der Waals surface area contributed by atoms with Gasteiger partial charge < -0.3 is 5.73 Å². The molecular weight excluding hydrogens is 244 g/mol. The van der Waals surface area contributed by atoms with Gasteiger partial charge in [-0.2, -0.15) is 0 Å². The number of hydrogen-bond donors (Lipinski definition) is 1. The fraction of sp³-hybridized carbons (Fsp3) is 0.700. The fourth-order valence-electron chi connectivity index (χ4n) is 2.16. The van der Waals surface area contributed by atoms with Crippen LogP contribution in [-0.2, 0) is 21.8 Å². The van der Waals surface area contributed by atoms with Gasteiger partial charge in [0.1, 0.15) is 0 Å². The molecule has 16 heavy (non-hydrogen) atoms. The summed E-state index contributed by atoms with van der Waals surface area (Å²) in [7, 11) is -2.90. The van der Waals surface area contributed by atoms with Crippen molar-refractivity contribution in [3.8, 4) is 0 Å². The second-order valence-electron chi connectivity index (χ2n) is 4.59. The molecular formula is C10H16N2O2S2. The van der Waals surface area contributed by atoms with Crippen LogP contribution >= 0.6 is 11.3 Å². The number of rotatable bonds is 2. The van der Waals surface area contributed by atoms with E-state index in [0.29, 0.717) is 12.3 Å². The summed E-state index contributed by atoms with van der Waals surface area (Å²) < 4.78 is 23.3. The lowest BCUT2D eigenvalue weighted by molar-refractivity contribution is 0.443. The average molecular weight is 260 g/mol. The summed E-state index contributed by atoms with van der Waals surface area (Å²) in [6.07, 6.45) is 3.38. The molecule has 4 nitrogen and oxygen atoms in total. The Bertz CT molecular complexity index is 481. The van der Waals surface area contributed by atoms with Gasteiger partial charge in [0.05, 0.1) is 16.5 Å². The first kappa shape index (κ1) is 12.0. The van der Waals surface area contributed by atoms with Crippen LogP contribution in [0.15, 0.2) is 6.20 Å². The van der Waals surface area contributed by atoms with Crippen LogP contribution in [0.5, 0.6) is 0 Å². The maximum atomic E-state index is 11.7. The lowest BCUT2D eigenvalue weighted by Crippen LogP contribution is -2.37. The molecule has 1 fully saturated rings. The summed E-state index contributed by atoms with van der Waals surface area (Å²) in [6, 6.07) is 0. The number of hydrogen-bond acceptors (Lipinski definition) is 5. The van der Waals surface area contributed by atoms with Crippen LogP contribution in [0.4, 0.5) is 0 Å². The Morgan fingerprint density at radius 1 is 1.62 bits per heavy atom. The molecule has 1 unspecified atom stereocenters. The van der Waals surface area contributed by atoms with Crippen molar-refractivity contribution in [3.63, 3.8) is 0 Å². The van der Waals surface area contributed by atoms with Gasteiger partial charge in [0.25, 0.3) is 0 Å². The maximum absolute atomic E-state index is 11.7. The Hall–Kier alpha value is -0.460. The molecule has 0 saturated carbocycles. The number of thiazole rings is 1. The van der Waals surface area contributed by atoms with Gasteiger partial charge >= 0.3 is 0 Å². The zero-order valence-electron chi connectivity index (χ0n) is 9.27. The van der Waals surface area contributed by atoms with E-state index in [0.717, 1.165) is 22.7 Å². The number of nitrogens with two attached hydrogens (primary N) is 1. The van der Waals surface area contributed by atoms with Crippen molar-refractivity contribution in [3.05, 3.63) is 16.1 Å². The van der Waals surface area contributed by atoms with Gasteiger partial charge in [0, 0.05) is 23.0 Å². The molecule has 0 aromatic carbocycles. The smallest absolute Gasteiger partial charge is 0.151 e. The Labute approximate surface area is 99.8 Å². The zero-order chi connectivity index (χ0) is 11.8. The molecule has 0 spiro atoms. The molecule has 2 N–H and O–H groups in total. The van der Waals surface area contributed by atoms with E-state index in [1.807, 2.05) is 6.92 Å². The second-order valence-corrected chi connectivity index (χ2v) is 7.89. The minimum absolute atomic E-state index is 0.220. The monoisotopic (exact) mass is 260 g/mol. The maximum Gasteiger partial charge on any atom is 0.151 e. The summed E-state index contributed by atoms with van der Waals surface area (Å²) in [4.78, 5) is 5.34. The molecule has 90 valence electrons. The van der Waals surface area contributed by atoms with E-state index in [9.17, 15) is 8.42 Å². The highest BCUT2D eigenvalue weighted by Gasteiger charge is 2.38. The van der Waals surface area contributed by atoms with E-state index >= 15 is 0 Å². The van der Waals surface area contributed by atoms with Gasteiger partial charge in [-0.1, -0.05) is 6.92 Å².